The number of carbonyl (C=O) groups is 1. The maximum absolute atomic E-state index is 13.9. The average molecular weight is 343 g/mol. The predicted molar refractivity (Wildman–Crippen MR) is 80.9 cm³/mol. The second-order valence-corrected chi connectivity index (χ2v) is 6.15. The van der Waals surface area contributed by atoms with Gasteiger partial charge in [-0.3, -0.25) is 4.79 Å². The maximum Gasteiger partial charge on any atom is 0.222 e. The zero-order chi connectivity index (χ0) is 14.7. The van der Waals surface area contributed by atoms with E-state index < -0.39 is 0 Å². The van der Waals surface area contributed by atoms with Crippen LogP contribution in [0, 0.1) is 5.82 Å². The molecule has 2 rings (SSSR count). The lowest BCUT2D eigenvalue weighted by Crippen LogP contribution is -2.36. The molecule has 2 unspecified atom stereocenters. The van der Waals surface area contributed by atoms with Gasteiger partial charge in [0.2, 0.25) is 5.91 Å². The van der Waals surface area contributed by atoms with Crippen molar-refractivity contribution in [3.8, 4) is 0 Å². The molecule has 1 fully saturated rings. The van der Waals surface area contributed by atoms with Gasteiger partial charge in [-0.1, -0.05) is 28.9 Å². The molecule has 1 saturated heterocycles. The van der Waals surface area contributed by atoms with Gasteiger partial charge in [0.1, 0.15) is 5.82 Å². The Morgan fingerprint density at radius 3 is 3.00 bits per heavy atom. The van der Waals surface area contributed by atoms with E-state index >= 15 is 0 Å². The van der Waals surface area contributed by atoms with Crippen molar-refractivity contribution >= 4 is 21.8 Å². The van der Waals surface area contributed by atoms with Crippen LogP contribution in [0.3, 0.4) is 0 Å². The van der Waals surface area contributed by atoms with Gasteiger partial charge in [-0.05, 0) is 25.5 Å². The summed E-state index contributed by atoms with van der Waals surface area (Å²) in [6.07, 6.45) is 1.47. The number of amides is 1. The molecule has 1 aromatic rings. The zero-order valence-corrected chi connectivity index (χ0v) is 13.4. The Morgan fingerprint density at radius 1 is 1.60 bits per heavy atom. The molecule has 20 heavy (non-hydrogen) atoms. The smallest absolute Gasteiger partial charge is 0.222 e. The Morgan fingerprint density at radius 2 is 2.35 bits per heavy atom. The van der Waals surface area contributed by atoms with Crippen LogP contribution in [-0.4, -0.2) is 29.9 Å². The van der Waals surface area contributed by atoms with Crippen LogP contribution in [0.4, 0.5) is 4.39 Å². The number of hydrogen-bond donors (Lipinski definition) is 1. The second-order valence-electron chi connectivity index (χ2n) is 5.23. The maximum atomic E-state index is 13.9. The van der Waals surface area contributed by atoms with Gasteiger partial charge >= 0.3 is 0 Å². The first-order chi connectivity index (χ1) is 9.51. The number of nitrogens with one attached hydrogen (secondary N) is 1. The highest BCUT2D eigenvalue weighted by atomic mass is 79.9. The minimum absolute atomic E-state index is 0.0650. The van der Waals surface area contributed by atoms with Gasteiger partial charge in [0.25, 0.3) is 0 Å². The van der Waals surface area contributed by atoms with Crippen molar-refractivity contribution in [3.05, 3.63) is 34.1 Å². The van der Waals surface area contributed by atoms with E-state index in [1.165, 1.54) is 6.07 Å². The average Bonchev–Trinajstić information content (AvgIpc) is 2.86. The fourth-order valence-corrected chi connectivity index (χ4v) is 2.98. The van der Waals surface area contributed by atoms with Crippen LogP contribution < -0.4 is 5.32 Å². The third-order valence-corrected chi connectivity index (χ3v) is 4.25. The minimum Gasteiger partial charge on any atom is -0.341 e. The van der Waals surface area contributed by atoms with Crippen molar-refractivity contribution < 1.29 is 9.18 Å². The Kier molecular flexibility index (Phi) is 5.16. The van der Waals surface area contributed by atoms with E-state index in [0.717, 1.165) is 24.0 Å². The van der Waals surface area contributed by atoms with Gasteiger partial charge in [0, 0.05) is 41.6 Å². The topological polar surface area (TPSA) is 32.3 Å². The van der Waals surface area contributed by atoms with Crippen LogP contribution in [0.2, 0.25) is 0 Å². The number of nitrogens with zero attached hydrogens (tertiary/aromatic N) is 1. The highest BCUT2D eigenvalue weighted by Crippen LogP contribution is 2.22. The van der Waals surface area contributed by atoms with Gasteiger partial charge in [0.05, 0.1) is 0 Å². The Balaban J connectivity index is 1.95. The van der Waals surface area contributed by atoms with Gasteiger partial charge in [-0.15, -0.1) is 0 Å². The molecule has 1 N–H and O–H groups in total. The van der Waals surface area contributed by atoms with Crippen molar-refractivity contribution in [2.75, 3.05) is 13.1 Å². The molecular weight excluding hydrogens is 323 g/mol. The Hall–Kier alpha value is -0.940. The molecule has 110 valence electrons. The molecule has 1 aliphatic rings. The lowest BCUT2D eigenvalue weighted by atomic mass is 10.1. The molecule has 0 spiro atoms. The fraction of sp³-hybridized carbons (Fsp3) is 0.533. The van der Waals surface area contributed by atoms with E-state index in [-0.39, 0.29) is 23.8 Å². The molecule has 1 aromatic carbocycles. The highest BCUT2D eigenvalue weighted by Gasteiger charge is 2.26. The standard InChI is InChI=1S/C15H20BrFN2O/c1-3-15(20)19-7-6-12(9-19)18-10(2)13-5-4-11(16)8-14(13)17/h4-5,8,10,12,18H,3,6-7,9H2,1-2H3. The molecule has 1 heterocycles. The second kappa shape index (κ2) is 6.68. The molecular formula is C15H20BrFN2O. The summed E-state index contributed by atoms with van der Waals surface area (Å²) in [5.41, 5.74) is 0.661. The van der Waals surface area contributed by atoms with Crippen molar-refractivity contribution in [2.24, 2.45) is 0 Å². The molecule has 0 bridgehead atoms. The highest BCUT2D eigenvalue weighted by molar-refractivity contribution is 9.10. The third kappa shape index (κ3) is 3.58. The van der Waals surface area contributed by atoms with E-state index in [0.29, 0.717) is 12.0 Å². The van der Waals surface area contributed by atoms with Crippen LogP contribution in [0.5, 0.6) is 0 Å². The Labute approximate surface area is 127 Å². The molecule has 0 radical (unpaired) electrons. The number of benzene rings is 1. The predicted octanol–water partition coefficient (Wildman–Crippen LogP) is 3.25. The lowest BCUT2D eigenvalue weighted by molar-refractivity contribution is -0.129. The molecule has 0 aliphatic carbocycles. The van der Waals surface area contributed by atoms with Crippen LogP contribution in [0.15, 0.2) is 22.7 Å². The van der Waals surface area contributed by atoms with E-state index in [9.17, 15) is 9.18 Å². The lowest BCUT2D eigenvalue weighted by Gasteiger charge is -2.21. The SMILES string of the molecule is CCC(=O)N1CCC(NC(C)c2ccc(Br)cc2F)C1. The van der Waals surface area contributed by atoms with Crippen LogP contribution >= 0.6 is 15.9 Å². The number of carbonyl (C=O) groups excluding carboxylic acids is 1. The van der Waals surface area contributed by atoms with E-state index in [1.54, 1.807) is 6.07 Å². The summed E-state index contributed by atoms with van der Waals surface area (Å²) >= 11 is 3.26. The van der Waals surface area contributed by atoms with Crippen LogP contribution in [0.1, 0.15) is 38.3 Å². The van der Waals surface area contributed by atoms with Gasteiger partial charge in [-0.2, -0.15) is 0 Å². The summed E-state index contributed by atoms with van der Waals surface area (Å²) in [5, 5.41) is 3.42. The van der Waals surface area contributed by atoms with Crippen LogP contribution in [-0.2, 0) is 4.79 Å². The zero-order valence-electron chi connectivity index (χ0n) is 11.8. The van der Waals surface area contributed by atoms with Crippen LogP contribution in [0.25, 0.3) is 0 Å². The van der Waals surface area contributed by atoms with E-state index in [4.69, 9.17) is 0 Å². The summed E-state index contributed by atoms with van der Waals surface area (Å²) in [5.74, 6) is -0.0179. The summed E-state index contributed by atoms with van der Waals surface area (Å²) in [7, 11) is 0. The van der Waals surface area contributed by atoms with Crippen molar-refractivity contribution in [1.29, 1.82) is 0 Å². The first-order valence-corrected chi connectivity index (χ1v) is 7.79. The molecule has 1 aliphatic heterocycles. The normalized spacial score (nSPS) is 20.2. The summed E-state index contributed by atoms with van der Waals surface area (Å²) < 4.78 is 14.6. The first kappa shape index (κ1) is 15.4. The summed E-state index contributed by atoms with van der Waals surface area (Å²) in [6, 6.07) is 5.29. The number of halogens is 2. The molecule has 0 saturated carbocycles. The van der Waals surface area contributed by atoms with Gasteiger partial charge in [-0.25, -0.2) is 4.39 Å². The van der Waals surface area contributed by atoms with Crippen molar-refractivity contribution in [3.63, 3.8) is 0 Å². The van der Waals surface area contributed by atoms with Crippen molar-refractivity contribution in [2.45, 2.75) is 38.8 Å². The molecule has 1 amide bonds. The van der Waals surface area contributed by atoms with Crippen molar-refractivity contribution in [1.82, 2.24) is 10.2 Å². The molecule has 5 heteroatoms. The van der Waals surface area contributed by atoms with Gasteiger partial charge in [0.15, 0.2) is 0 Å². The molecule has 2 atom stereocenters. The third-order valence-electron chi connectivity index (χ3n) is 3.76. The van der Waals surface area contributed by atoms with Gasteiger partial charge < -0.3 is 10.2 Å². The monoisotopic (exact) mass is 342 g/mol. The summed E-state index contributed by atoms with van der Waals surface area (Å²) in [4.78, 5) is 13.5. The van der Waals surface area contributed by atoms with E-state index in [2.05, 4.69) is 21.2 Å². The number of likely N-dealkylation sites (tertiary alicyclic amines) is 1. The minimum atomic E-state index is -0.209. The fourth-order valence-electron chi connectivity index (χ4n) is 2.64. The number of hydrogen-bond acceptors (Lipinski definition) is 2. The Bertz CT molecular complexity index is 495. The largest absolute Gasteiger partial charge is 0.341 e. The van der Waals surface area contributed by atoms with E-state index in [1.807, 2.05) is 24.8 Å². The number of rotatable bonds is 4. The quantitative estimate of drug-likeness (QED) is 0.910. The molecule has 3 nitrogen and oxygen atoms in total. The summed E-state index contributed by atoms with van der Waals surface area (Å²) in [6.45, 7) is 5.34. The molecule has 0 aromatic heterocycles. The first-order valence-electron chi connectivity index (χ1n) is 7.00.